The molecule has 0 heterocycles. The van der Waals surface area contributed by atoms with E-state index in [1.807, 2.05) is 25.1 Å². The maximum atomic E-state index is 12.0. The van der Waals surface area contributed by atoms with E-state index in [4.69, 9.17) is 14.2 Å². The average molecular weight is 397 g/mol. The van der Waals surface area contributed by atoms with Crippen LogP contribution in [0.5, 0.6) is 11.5 Å². The highest BCUT2D eigenvalue weighted by molar-refractivity contribution is 5.89. The van der Waals surface area contributed by atoms with Crippen LogP contribution < -0.4 is 14.8 Å². The summed E-state index contributed by atoms with van der Waals surface area (Å²) in [6, 6.07) is 15.3. The Morgan fingerprint density at radius 3 is 2.45 bits per heavy atom. The molecule has 0 radical (unpaired) electrons. The molecule has 0 saturated carbocycles. The number of carbonyl (C=O) groups is 2. The number of nitrogens with one attached hydrogen (secondary N) is 1. The summed E-state index contributed by atoms with van der Waals surface area (Å²) in [4.78, 5) is 23.8. The predicted molar refractivity (Wildman–Crippen MR) is 112 cm³/mol. The molecular formula is C23H27NO5. The molecule has 1 amide bonds. The second-order valence-electron chi connectivity index (χ2n) is 6.55. The van der Waals surface area contributed by atoms with Crippen molar-refractivity contribution in [2.75, 3.05) is 20.8 Å². The summed E-state index contributed by atoms with van der Waals surface area (Å²) < 4.78 is 15.4. The van der Waals surface area contributed by atoms with Crippen molar-refractivity contribution in [3.8, 4) is 11.5 Å². The number of hydrogen-bond donors (Lipinski definition) is 1. The van der Waals surface area contributed by atoms with Gasteiger partial charge in [-0.15, -0.1) is 0 Å². The predicted octanol–water partition coefficient (Wildman–Crippen LogP) is 3.40. The minimum Gasteiger partial charge on any atom is -0.493 e. The third kappa shape index (κ3) is 7.70. The molecule has 0 bridgehead atoms. The molecule has 2 aromatic rings. The third-order valence-corrected chi connectivity index (χ3v) is 4.28. The first kappa shape index (κ1) is 22.0. The summed E-state index contributed by atoms with van der Waals surface area (Å²) in [6.45, 7) is 1.62. The zero-order valence-corrected chi connectivity index (χ0v) is 17.0. The Hall–Kier alpha value is -3.28. The lowest BCUT2D eigenvalue weighted by Crippen LogP contribution is -2.36. The lowest BCUT2D eigenvalue weighted by Gasteiger charge is -2.13. The van der Waals surface area contributed by atoms with E-state index in [0.717, 1.165) is 18.4 Å². The van der Waals surface area contributed by atoms with Gasteiger partial charge in [-0.1, -0.05) is 36.4 Å². The number of benzene rings is 2. The SMILES string of the molecule is COc1ccc(/C=C/C(=O)OCC(=O)NC(C)CCc2ccccc2)cc1OC. The Kier molecular flexibility index (Phi) is 8.76. The maximum absolute atomic E-state index is 12.0. The van der Waals surface area contributed by atoms with Gasteiger partial charge in [-0.3, -0.25) is 4.79 Å². The number of aryl methyl sites for hydroxylation is 1. The van der Waals surface area contributed by atoms with Gasteiger partial charge in [0, 0.05) is 12.1 Å². The third-order valence-electron chi connectivity index (χ3n) is 4.28. The summed E-state index contributed by atoms with van der Waals surface area (Å²) in [5.41, 5.74) is 1.97. The first-order chi connectivity index (χ1) is 14.0. The van der Waals surface area contributed by atoms with Crippen LogP contribution in [0, 0.1) is 0 Å². The van der Waals surface area contributed by atoms with Crippen molar-refractivity contribution in [2.24, 2.45) is 0 Å². The van der Waals surface area contributed by atoms with Crippen molar-refractivity contribution >= 4 is 18.0 Å². The second kappa shape index (κ2) is 11.5. The molecule has 2 rings (SSSR count). The summed E-state index contributed by atoms with van der Waals surface area (Å²) in [5, 5.41) is 2.84. The molecule has 1 unspecified atom stereocenters. The summed E-state index contributed by atoms with van der Waals surface area (Å²) >= 11 is 0. The Balaban J connectivity index is 1.73. The molecule has 0 spiro atoms. The van der Waals surface area contributed by atoms with E-state index in [2.05, 4.69) is 17.4 Å². The van der Waals surface area contributed by atoms with Gasteiger partial charge in [-0.2, -0.15) is 0 Å². The first-order valence-corrected chi connectivity index (χ1v) is 9.42. The van der Waals surface area contributed by atoms with E-state index in [1.165, 1.54) is 11.6 Å². The Morgan fingerprint density at radius 1 is 1.03 bits per heavy atom. The monoisotopic (exact) mass is 397 g/mol. The Labute approximate surface area is 171 Å². The molecule has 29 heavy (non-hydrogen) atoms. The minimum absolute atomic E-state index is 0.0104. The van der Waals surface area contributed by atoms with Gasteiger partial charge in [0.1, 0.15) is 0 Å². The van der Waals surface area contributed by atoms with Crippen LogP contribution in [0.2, 0.25) is 0 Å². The summed E-state index contributed by atoms with van der Waals surface area (Å²) in [6.07, 6.45) is 4.54. The van der Waals surface area contributed by atoms with Crippen molar-refractivity contribution < 1.29 is 23.8 Å². The van der Waals surface area contributed by atoms with Gasteiger partial charge < -0.3 is 19.5 Å². The van der Waals surface area contributed by atoms with Crippen molar-refractivity contribution in [1.82, 2.24) is 5.32 Å². The standard InChI is InChI=1S/C23H27NO5/c1-17(9-10-18-7-5-4-6-8-18)24-22(25)16-29-23(26)14-12-19-11-13-20(27-2)21(15-19)28-3/h4-8,11-15,17H,9-10,16H2,1-3H3,(H,24,25)/b14-12+. The highest BCUT2D eigenvalue weighted by Crippen LogP contribution is 2.27. The lowest BCUT2D eigenvalue weighted by molar-refractivity contribution is -0.144. The van der Waals surface area contributed by atoms with Gasteiger partial charge in [0.25, 0.3) is 5.91 Å². The molecule has 154 valence electrons. The first-order valence-electron chi connectivity index (χ1n) is 9.42. The van der Waals surface area contributed by atoms with Gasteiger partial charge in [-0.05, 0) is 49.1 Å². The smallest absolute Gasteiger partial charge is 0.331 e. The van der Waals surface area contributed by atoms with E-state index in [0.29, 0.717) is 11.5 Å². The molecule has 2 aromatic carbocycles. The summed E-state index contributed by atoms with van der Waals surface area (Å²) in [7, 11) is 3.09. The quantitative estimate of drug-likeness (QED) is 0.491. The van der Waals surface area contributed by atoms with E-state index < -0.39 is 5.97 Å². The number of methoxy groups -OCH3 is 2. The Morgan fingerprint density at radius 2 is 1.76 bits per heavy atom. The molecule has 1 N–H and O–H groups in total. The maximum Gasteiger partial charge on any atom is 0.331 e. The molecule has 0 fully saturated rings. The van der Waals surface area contributed by atoms with Gasteiger partial charge in [0.15, 0.2) is 18.1 Å². The minimum atomic E-state index is -0.591. The van der Waals surface area contributed by atoms with Crippen LogP contribution in [0.15, 0.2) is 54.6 Å². The van der Waals surface area contributed by atoms with Crippen LogP contribution in [-0.2, 0) is 20.7 Å². The molecule has 0 aliphatic heterocycles. The molecule has 1 atom stereocenters. The largest absolute Gasteiger partial charge is 0.493 e. The molecule has 0 saturated heterocycles. The molecule has 6 nitrogen and oxygen atoms in total. The molecule has 0 aliphatic carbocycles. The topological polar surface area (TPSA) is 73.9 Å². The highest BCUT2D eigenvalue weighted by Gasteiger charge is 2.10. The van der Waals surface area contributed by atoms with Crippen LogP contribution in [0.1, 0.15) is 24.5 Å². The fourth-order valence-corrected chi connectivity index (χ4v) is 2.72. The fourth-order valence-electron chi connectivity index (χ4n) is 2.72. The van der Waals surface area contributed by atoms with Gasteiger partial charge in [-0.25, -0.2) is 4.79 Å². The van der Waals surface area contributed by atoms with Crippen molar-refractivity contribution in [2.45, 2.75) is 25.8 Å². The lowest BCUT2D eigenvalue weighted by atomic mass is 10.1. The van der Waals surface area contributed by atoms with E-state index in [9.17, 15) is 9.59 Å². The van der Waals surface area contributed by atoms with Gasteiger partial charge >= 0.3 is 5.97 Å². The highest BCUT2D eigenvalue weighted by atomic mass is 16.5. The Bertz CT molecular complexity index is 832. The van der Waals surface area contributed by atoms with E-state index in [-0.39, 0.29) is 18.6 Å². The zero-order chi connectivity index (χ0) is 21.1. The normalized spacial score (nSPS) is 11.7. The van der Waals surface area contributed by atoms with Gasteiger partial charge in [0.2, 0.25) is 0 Å². The van der Waals surface area contributed by atoms with Crippen LogP contribution in [0.4, 0.5) is 0 Å². The van der Waals surface area contributed by atoms with Crippen LogP contribution in [0.25, 0.3) is 6.08 Å². The number of esters is 1. The summed E-state index contributed by atoms with van der Waals surface area (Å²) in [5.74, 6) is 0.252. The number of ether oxygens (including phenoxy) is 3. The zero-order valence-electron chi connectivity index (χ0n) is 17.0. The van der Waals surface area contributed by atoms with Crippen LogP contribution in [0.3, 0.4) is 0 Å². The number of hydrogen-bond acceptors (Lipinski definition) is 5. The average Bonchev–Trinajstić information content (AvgIpc) is 2.75. The number of rotatable bonds is 10. The second-order valence-corrected chi connectivity index (χ2v) is 6.55. The molecule has 0 aliphatic rings. The van der Waals surface area contributed by atoms with E-state index >= 15 is 0 Å². The van der Waals surface area contributed by atoms with Crippen molar-refractivity contribution in [3.63, 3.8) is 0 Å². The number of amides is 1. The fraction of sp³-hybridized carbons (Fsp3) is 0.304. The van der Waals surface area contributed by atoms with Crippen LogP contribution in [-0.4, -0.2) is 38.7 Å². The molecular weight excluding hydrogens is 370 g/mol. The van der Waals surface area contributed by atoms with E-state index in [1.54, 1.807) is 38.5 Å². The van der Waals surface area contributed by atoms with Crippen LogP contribution >= 0.6 is 0 Å². The molecule has 0 aromatic heterocycles. The number of carbonyl (C=O) groups excluding carboxylic acids is 2. The van der Waals surface area contributed by atoms with Gasteiger partial charge in [0.05, 0.1) is 14.2 Å². The van der Waals surface area contributed by atoms with Crippen molar-refractivity contribution in [3.05, 3.63) is 65.7 Å². The molecule has 6 heteroatoms. The van der Waals surface area contributed by atoms with Crippen molar-refractivity contribution in [1.29, 1.82) is 0 Å².